The van der Waals surface area contributed by atoms with Crippen LogP contribution < -0.4 is 5.32 Å². The number of anilines is 1. The number of hydrogen-bond acceptors (Lipinski definition) is 4. The van der Waals surface area contributed by atoms with E-state index in [2.05, 4.69) is 20.4 Å². The van der Waals surface area contributed by atoms with Crippen LogP contribution >= 0.6 is 0 Å². The molecule has 3 rings (SSSR count). The summed E-state index contributed by atoms with van der Waals surface area (Å²) >= 11 is 0. The van der Waals surface area contributed by atoms with Crippen molar-refractivity contribution in [2.45, 2.75) is 44.9 Å². The molecule has 5 nitrogen and oxygen atoms in total. The minimum atomic E-state index is -4.48. The first-order chi connectivity index (χ1) is 10.4. The normalized spacial score (nSPS) is 16.2. The Labute approximate surface area is 125 Å². The lowest BCUT2D eigenvalue weighted by molar-refractivity contribution is -0.141. The summed E-state index contributed by atoms with van der Waals surface area (Å²) in [5, 5.41) is 7.38. The molecule has 0 amide bonds. The van der Waals surface area contributed by atoms with Gasteiger partial charge in [0.05, 0.1) is 11.7 Å². The Balaban J connectivity index is 1.76. The third-order valence-corrected chi connectivity index (χ3v) is 3.67. The summed E-state index contributed by atoms with van der Waals surface area (Å²) in [6.07, 6.45) is -0.144. The minimum absolute atomic E-state index is 0.0479. The fourth-order valence-electron chi connectivity index (χ4n) is 2.51. The van der Waals surface area contributed by atoms with Gasteiger partial charge in [0.1, 0.15) is 5.69 Å². The minimum Gasteiger partial charge on any atom is -0.346 e. The third-order valence-electron chi connectivity index (χ3n) is 3.67. The predicted octanol–water partition coefficient (Wildman–Crippen LogP) is 3.20. The topological polar surface area (TPSA) is 55.6 Å². The van der Waals surface area contributed by atoms with Crippen LogP contribution in [-0.4, -0.2) is 19.7 Å². The van der Waals surface area contributed by atoms with Crippen LogP contribution in [0.2, 0.25) is 0 Å². The molecule has 118 valence electrons. The highest BCUT2D eigenvalue weighted by Gasteiger charge is 2.33. The number of fused-ring (bicyclic) bond motifs is 1. The van der Waals surface area contributed by atoms with Crippen molar-refractivity contribution in [1.29, 1.82) is 0 Å². The zero-order chi connectivity index (χ0) is 15.7. The molecule has 3 heterocycles. The Kier molecular flexibility index (Phi) is 3.76. The number of hydrogen-bond donors (Lipinski definition) is 1. The Bertz CT molecular complexity index is 641. The van der Waals surface area contributed by atoms with Gasteiger partial charge in [-0.25, -0.2) is 9.97 Å². The second kappa shape index (κ2) is 5.58. The van der Waals surface area contributed by atoms with Crippen LogP contribution in [0, 0.1) is 0 Å². The summed E-state index contributed by atoms with van der Waals surface area (Å²) < 4.78 is 39.9. The molecule has 8 heteroatoms. The lowest BCUT2D eigenvalue weighted by atomic mass is 10.1. The van der Waals surface area contributed by atoms with Gasteiger partial charge in [-0.2, -0.15) is 18.3 Å². The van der Waals surface area contributed by atoms with E-state index in [1.807, 2.05) is 17.7 Å². The molecule has 22 heavy (non-hydrogen) atoms. The zero-order valence-electron chi connectivity index (χ0n) is 12.1. The van der Waals surface area contributed by atoms with Crippen molar-refractivity contribution in [1.82, 2.24) is 19.7 Å². The summed E-state index contributed by atoms with van der Waals surface area (Å²) in [7, 11) is 0. The maximum atomic E-state index is 12.6. The standard InChI is InChI=1S/C14H16F3N5/c1-9(11-8-10-4-2-3-7-22(10)21-11)19-13-18-6-5-12(20-13)14(15,16)17/h5-6,8-9H,2-4,7H2,1H3,(H,18,19,20). The van der Waals surface area contributed by atoms with Gasteiger partial charge >= 0.3 is 6.18 Å². The van der Waals surface area contributed by atoms with Crippen molar-refractivity contribution in [3.63, 3.8) is 0 Å². The van der Waals surface area contributed by atoms with E-state index in [1.54, 1.807) is 0 Å². The van der Waals surface area contributed by atoms with Crippen LogP contribution in [0.4, 0.5) is 19.1 Å². The highest BCUT2D eigenvalue weighted by Crippen LogP contribution is 2.28. The second-order valence-electron chi connectivity index (χ2n) is 5.37. The Morgan fingerprint density at radius 2 is 2.14 bits per heavy atom. The first-order valence-corrected chi connectivity index (χ1v) is 7.17. The Morgan fingerprint density at radius 1 is 1.32 bits per heavy atom. The lowest BCUT2D eigenvalue weighted by Crippen LogP contribution is -2.14. The SMILES string of the molecule is CC(Nc1nccc(C(F)(F)F)n1)c1cc2n(n1)CCCC2. The average Bonchev–Trinajstić information content (AvgIpc) is 2.90. The molecule has 0 radical (unpaired) electrons. The molecule has 0 bridgehead atoms. The summed E-state index contributed by atoms with van der Waals surface area (Å²) in [4.78, 5) is 7.35. The van der Waals surface area contributed by atoms with E-state index < -0.39 is 11.9 Å². The smallest absolute Gasteiger partial charge is 0.346 e. The first-order valence-electron chi connectivity index (χ1n) is 7.17. The van der Waals surface area contributed by atoms with E-state index in [1.165, 1.54) is 5.69 Å². The molecule has 1 aliphatic rings. The predicted molar refractivity (Wildman–Crippen MR) is 74.2 cm³/mol. The molecule has 1 N–H and O–H groups in total. The highest BCUT2D eigenvalue weighted by molar-refractivity contribution is 5.30. The fraction of sp³-hybridized carbons (Fsp3) is 0.500. The van der Waals surface area contributed by atoms with E-state index in [4.69, 9.17) is 0 Å². The summed E-state index contributed by atoms with van der Waals surface area (Å²) in [5.74, 6) is -0.0479. The number of alkyl halides is 3. The Hall–Kier alpha value is -2.12. The highest BCUT2D eigenvalue weighted by atomic mass is 19.4. The molecule has 2 aromatic heterocycles. The molecule has 0 spiro atoms. The quantitative estimate of drug-likeness (QED) is 0.946. The number of halogens is 3. The van der Waals surface area contributed by atoms with Crippen LogP contribution in [-0.2, 0) is 19.1 Å². The van der Waals surface area contributed by atoms with Gasteiger partial charge in [0, 0.05) is 18.4 Å². The van der Waals surface area contributed by atoms with Crippen molar-refractivity contribution in [2.24, 2.45) is 0 Å². The average molecular weight is 311 g/mol. The van der Waals surface area contributed by atoms with Gasteiger partial charge in [0.2, 0.25) is 5.95 Å². The van der Waals surface area contributed by atoms with E-state index in [0.29, 0.717) is 0 Å². The molecule has 1 aliphatic heterocycles. The molecule has 0 saturated heterocycles. The maximum Gasteiger partial charge on any atom is 0.433 e. The monoisotopic (exact) mass is 311 g/mol. The van der Waals surface area contributed by atoms with Gasteiger partial charge in [0.25, 0.3) is 0 Å². The lowest BCUT2D eigenvalue weighted by Gasteiger charge is -2.13. The molecule has 0 saturated carbocycles. The maximum absolute atomic E-state index is 12.6. The molecule has 2 aromatic rings. The molecule has 0 fully saturated rings. The van der Waals surface area contributed by atoms with Gasteiger partial charge in [-0.05, 0) is 38.3 Å². The zero-order valence-corrected chi connectivity index (χ0v) is 12.1. The van der Waals surface area contributed by atoms with Crippen molar-refractivity contribution < 1.29 is 13.2 Å². The van der Waals surface area contributed by atoms with Crippen LogP contribution in [0.15, 0.2) is 18.3 Å². The number of nitrogens with zero attached hydrogens (tertiary/aromatic N) is 4. The molecular weight excluding hydrogens is 295 g/mol. The molecule has 1 unspecified atom stereocenters. The van der Waals surface area contributed by atoms with Crippen LogP contribution in [0.3, 0.4) is 0 Å². The first kappa shape index (κ1) is 14.8. The van der Waals surface area contributed by atoms with Gasteiger partial charge in [-0.15, -0.1) is 0 Å². The fourth-order valence-corrected chi connectivity index (χ4v) is 2.51. The number of rotatable bonds is 3. The van der Waals surface area contributed by atoms with Crippen LogP contribution in [0.5, 0.6) is 0 Å². The van der Waals surface area contributed by atoms with Gasteiger partial charge < -0.3 is 5.32 Å². The van der Waals surface area contributed by atoms with E-state index in [0.717, 1.165) is 43.8 Å². The van der Waals surface area contributed by atoms with E-state index >= 15 is 0 Å². The number of aryl methyl sites for hydroxylation is 2. The van der Waals surface area contributed by atoms with Crippen molar-refractivity contribution in [3.05, 3.63) is 35.4 Å². The largest absolute Gasteiger partial charge is 0.433 e. The van der Waals surface area contributed by atoms with Crippen LogP contribution in [0.1, 0.15) is 42.9 Å². The molecule has 0 aromatic carbocycles. The van der Waals surface area contributed by atoms with Crippen molar-refractivity contribution in [2.75, 3.05) is 5.32 Å². The van der Waals surface area contributed by atoms with E-state index in [-0.39, 0.29) is 12.0 Å². The molecule has 1 atom stereocenters. The van der Waals surface area contributed by atoms with Gasteiger partial charge in [-0.1, -0.05) is 0 Å². The number of nitrogens with one attached hydrogen (secondary N) is 1. The van der Waals surface area contributed by atoms with Crippen LogP contribution in [0.25, 0.3) is 0 Å². The third kappa shape index (κ3) is 3.05. The summed E-state index contributed by atoms with van der Waals surface area (Å²) in [5.41, 5.74) is 0.999. The number of aromatic nitrogens is 4. The molecule has 0 aliphatic carbocycles. The van der Waals surface area contributed by atoms with Gasteiger partial charge in [0.15, 0.2) is 0 Å². The van der Waals surface area contributed by atoms with Gasteiger partial charge in [-0.3, -0.25) is 4.68 Å². The summed E-state index contributed by atoms with van der Waals surface area (Å²) in [6, 6.07) is 2.58. The second-order valence-corrected chi connectivity index (χ2v) is 5.37. The Morgan fingerprint density at radius 3 is 2.86 bits per heavy atom. The van der Waals surface area contributed by atoms with Crippen molar-refractivity contribution >= 4 is 5.95 Å². The van der Waals surface area contributed by atoms with E-state index in [9.17, 15) is 13.2 Å². The molecular formula is C14H16F3N5. The van der Waals surface area contributed by atoms with Crippen molar-refractivity contribution in [3.8, 4) is 0 Å². The summed E-state index contributed by atoms with van der Waals surface area (Å²) in [6.45, 7) is 2.72.